The average Bonchev–Trinajstić information content (AvgIpc) is 3.55. The van der Waals surface area contributed by atoms with Gasteiger partial charge < -0.3 is 19.2 Å². The van der Waals surface area contributed by atoms with Crippen LogP contribution in [0.5, 0.6) is 0 Å². The fourth-order valence-electron chi connectivity index (χ4n) is 7.03. The van der Waals surface area contributed by atoms with Crippen LogP contribution in [-0.4, -0.2) is 25.9 Å². The third-order valence-corrected chi connectivity index (χ3v) is 9.28. The van der Waals surface area contributed by atoms with E-state index >= 15 is 0 Å². The first-order valence-electron chi connectivity index (χ1n) is 15.4. The summed E-state index contributed by atoms with van der Waals surface area (Å²) in [6.07, 6.45) is 0. The Labute approximate surface area is 259 Å². The quantitative estimate of drug-likeness (QED) is 0.215. The van der Waals surface area contributed by atoms with Crippen LogP contribution in [0.4, 0.5) is 17.1 Å². The van der Waals surface area contributed by atoms with Crippen LogP contribution in [0.3, 0.4) is 0 Å². The Bertz CT molecular complexity index is 2250. The highest BCUT2D eigenvalue weighted by Gasteiger charge is 2.31. The maximum absolute atomic E-state index is 6.70. The lowest BCUT2D eigenvalue weighted by atomic mass is 9.62. The molecule has 0 amide bonds. The molecule has 7 aromatic rings. The molecule has 1 aliphatic rings. The summed E-state index contributed by atoms with van der Waals surface area (Å²) in [6, 6.07) is 35.2. The molecule has 44 heavy (non-hydrogen) atoms. The van der Waals surface area contributed by atoms with Crippen molar-refractivity contribution in [3.8, 4) is 16.8 Å². The van der Waals surface area contributed by atoms with Crippen LogP contribution in [0.1, 0.15) is 31.9 Å². The summed E-state index contributed by atoms with van der Waals surface area (Å²) in [6.45, 7) is 9.08. The van der Waals surface area contributed by atoms with E-state index in [9.17, 15) is 0 Å². The molecule has 0 bridgehead atoms. The molecule has 216 valence electrons. The molecular formula is C39H36BN3O. The molecule has 1 N–H and O–H groups in total. The van der Waals surface area contributed by atoms with Gasteiger partial charge in [0.05, 0.1) is 16.9 Å². The van der Waals surface area contributed by atoms with Gasteiger partial charge in [0.1, 0.15) is 5.58 Å². The molecule has 5 aromatic carbocycles. The standard InChI is InChI=1S/C39H36BN3O/c1-23-21-29(27-11-7-9-13-31(27)41-25-16-18-26(19-17-25)42(5)6)35-37-34(23)28-12-8-10-14-32(28)43(37)36-30-22-24(39(2,3)4)15-20-33(30)44-38(36)40-35/h7-22,40-41H,1-6H3. The number of nitrogens with one attached hydrogen (secondary N) is 1. The number of hydrogen-bond donors (Lipinski definition) is 1. The minimum Gasteiger partial charge on any atom is -0.469 e. The van der Waals surface area contributed by atoms with Crippen LogP contribution >= 0.6 is 0 Å². The third kappa shape index (κ3) is 3.99. The van der Waals surface area contributed by atoms with Gasteiger partial charge >= 0.3 is 0 Å². The zero-order chi connectivity index (χ0) is 30.3. The van der Waals surface area contributed by atoms with Gasteiger partial charge in [0.2, 0.25) is 7.28 Å². The van der Waals surface area contributed by atoms with Gasteiger partial charge in [0.25, 0.3) is 0 Å². The molecule has 0 radical (unpaired) electrons. The van der Waals surface area contributed by atoms with Crippen LogP contribution in [0.2, 0.25) is 0 Å². The molecule has 4 nitrogen and oxygen atoms in total. The Kier molecular flexibility index (Phi) is 5.80. The Hall–Kier alpha value is -4.90. The van der Waals surface area contributed by atoms with E-state index < -0.39 is 0 Å². The van der Waals surface area contributed by atoms with E-state index in [1.54, 1.807) is 0 Å². The van der Waals surface area contributed by atoms with Crippen molar-refractivity contribution < 1.29 is 4.42 Å². The summed E-state index contributed by atoms with van der Waals surface area (Å²) in [5.41, 5.74) is 15.4. The first-order valence-corrected chi connectivity index (χ1v) is 15.4. The first-order chi connectivity index (χ1) is 21.2. The van der Waals surface area contributed by atoms with E-state index in [0.29, 0.717) is 0 Å². The molecular weight excluding hydrogens is 537 g/mol. The summed E-state index contributed by atoms with van der Waals surface area (Å²) in [5, 5.41) is 7.53. The fourth-order valence-corrected chi connectivity index (χ4v) is 7.03. The lowest BCUT2D eigenvalue weighted by molar-refractivity contribution is 0.590. The number of aromatic nitrogens is 1. The van der Waals surface area contributed by atoms with Gasteiger partial charge in [-0.2, -0.15) is 0 Å². The van der Waals surface area contributed by atoms with Gasteiger partial charge in [0, 0.05) is 58.4 Å². The Balaban J connectivity index is 1.39. The van der Waals surface area contributed by atoms with Crippen molar-refractivity contribution in [3.63, 3.8) is 0 Å². The minimum absolute atomic E-state index is 0.0479. The van der Waals surface area contributed by atoms with Crippen LogP contribution in [0, 0.1) is 6.92 Å². The predicted octanol–water partition coefficient (Wildman–Crippen LogP) is 8.31. The molecule has 0 unspecified atom stereocenters. The van der Waals surface area contributed by atoms with Gasteiger partial charge in [-0.1, -0.05) is 69.3 Å². The van der Waals surface area contributed by atoms with Gasteiger partial charge in [0.15, 0.2) is 0 Å². The zero-order valence-corrected chi connectivity index (χ0v) is 26.2. The van der Waals surface area contributed by atoms with E-state index in [2.05, 4.69) is 154 Å². The lowest BCUT2D eigenvalue weighted by Crippen LogP contribution is -2.36. The summed E-state index contributed by atoms with van der Waals surface area (Å²) < 4.78 is 9.19. The minimum atomic E-state index is 0.0479. The molecule has 5 heteroatoms. The van der Waals surface area contributed by atoms with Crippen molar-refractivity contribution in [1.29, 1.82) is 0 Å². The molecule has 1 aliphatic heterocycles. The molecule has 3 heterocycles. The summed E-state index contributed by atoms with van der Waals surface area (Å²) in [5.74, 6) is 0. The van der Waals surface area contributed by atoms with E-state index in [0.717, 1.165) is 29.9 Å². The molecule has 0 saturated carbocycles. The summed E-state index contributed by atoms with van der Waals surface area (Å²) in [7, 11) is 4.87. The maximum atomic E-state index is 6.70. The van der Waals surface area contributed by atoms with Gasteiger partial charge in [-0.05, 0) is 83.0 Å². The van der Waals surface area contributed by atoms with E-state index in [-0.39, 0.29) is 5.41 Å². The molecule has 8 rings (SSSR count). The molecule has 2 aromatic heterocycles. The highest BCUT2D eigenvalue weighted by atomic mass is 16.3. The monoisotopic (exact) mass is 573 g/mol. The maximum Gasteiger partial charge on any atom is 0.244 e. The summed E-state index contributed by atoms with van der Waals surface area (Å²) >= 11 is 0. The van der Waals surface area contributed by atoms with Crippen molar-refractivity contribution in [2.24, 2.45) is 0 Å². The second-order valence-corrected chi connectivity index (χ2v) is 13.4. The van der Waals surface area contributed by atoms with E-state index in [1.807, 2.05) is 0 Å². The topological polar surface area (TPSA) is 33.3 Å². The van der Waals surface area contributed by atoms with Crippen molar-refractivity contribution in [2.75, 3.05) is 24.3 Å². The second-order valence-electron chi connectivity index (χ2n) is 13.4. The number of anilines is 3. The molecule has 0 spiro atoms. The second kappa shape index (κ2) is 9.55. The highest BCUT2D eigenvalue weighted by molar-refractivity contribution is 6.73. The van der Waals surface area contributed by atoms with Crippen molar-refractivity contribution in [2.45, 2.75) is 33.1 Å². The summed E-state index contributed by atoms with van der Waals surface area (Å²) in [4.78, 5) is 2.12. The SMILES string of the molecule is Cc1cc(-c2ccccc2Nc2ccc(N(C)C)cc2)c2c3c1c1ccccc1n3-c1c(oc3ccc(C(C)(C)C)cc13)B2. The highest BCUT2D eigenvalue weighted by Crippen LogP contribution is 2.41. The smallest absolute Gasteiger partial charge is 0.244 e. The van der Waals surface area contributed by atoms with Crippen LogP contribution in [0.25, 0.3) is 49.6 Å². The number of fused-ring (bicyclic) bond motifs is 7. The van der Waals surface area contributed by atoms with Gasteiger partial charge in [-0.3, -0.25) is 0 Å². The number of nitrogens with zero attached hydrogens (tertiary/aromatic N) is 2. The number of para-hydroxylation sites is 2. The van der Waals surface area contributed by atoms with Gasteiger partial charge in [-0.25, -0.2) is 0 Å². The third-order valence-electron chi connectivity index (χ3n) is 9.28. The van der Waals surface area contributed by atoms with Crippen molar-refractivity contribution in [3.05, 3.63) is 108 Å². The van der Waals surface area contributed by atoms with E-state index in [1.165, 1.54) is 66.3 Å². The van der Waals surface area contributed by atoms with Crippen molar-refractivity contribution in [1.82, 2.24) is 4.57 Å². The molecule has 0 aliphatic carbocycles. The predicted molar refractivity (Wildman–Crippen MR) is 190 cm³/mol. The molecule has 0 fully saturated rings. The number of rotatable bonds is 4. The average molecular weight is 574 g/mol. The Morgan fingerprint density at radius 2 is 1.55 bits per heavy atom. The van der Waals surface area contributed by atoms with E-state index in [4.69, 9.17) is 4.42 Å². The van der Waals surface area contributed by atoms with Crippen molar-refractivity contribution >= 4 is 68.2 Å². The number of furan rings is 1. The number of aryl methyl sites for hydroxylation is 1. The van der Waals surface area contributed by atoms with Crippen LogP contribution < -0.4 is 21.3 Å². The fraction of sp³-hybridized carbons (Fsp3) is 0.179. The number of benzene rings is 5. The Morgan fingerprint density at radius 3 is 2.32 bits per heavy atom. The first kappa shape index (κ1) is 26.7. The largest absolute Gasteiger partial charge is 0.469 e. The van der Waals surface area contributed by atoms with Gasteiger partial charge in [-0.15, -0.1) is 0 Å². The molecule has 0 saturated heterocycles. The number of hydrogen-bond acceptors (Lipinski definition) is 3. The Morgan fingerprint density at radius 1 is 0.795 bits per heavy atom. The van der Waals surface area contributed by atoms with Crippen LogP contribution in [-0.2, 0) is 5.41 Å². The zero-order valence-electron chi connectivity index (χ0n) is 26.2. The molecule has 0 atom stereocenters. The normalized spacial score (nSPS) is 12.5. The lowest BCUT2D eigenvalue weighted by Gasteiger charge is -2.22. The van der Waals surface area contributed by atoms with Crippen LogP contribution in [0.15, 0.2) is 101 Å².